The predicted octanol–water partition coefficient (Wildman–Crippen LogP) is 6.77. The van der Waals surface area contributed by atoms with Crippen molar-refractivity contribution >= 4 is 5.97 Å². The molecular formula is C22H35FO2. The SMILES string of the molecule is C[C@H](CCCCCCCCCCCCc1ccc([18F])cc1)CC(=O)O. The van der Waals surface area contributed by atoms with Gasteiger partial charge in [0.15, 0.2) is 0 Å². The third-order valence-corrected chi connectivity index (χ3v) is 4.85. The molecule has 0 spiro atoms. The number of hydrogen-bond donors (Lipinski definition) is 1. The van der Waals surface area contributed by atoms with Gasteiger partial charge in [-0.05, 0) is 36.5 Å². The van der Waals surface area contributed by atoms with Gasteiger partial charge in [0.25, 0.3) is 0 Å². The maximum atomic E-state index is 12.8. The lowest BCUT2D eigenvalue weighted by atomic mass is 9.99. The van der Waals surface area contributed by atoms with E-state index in [2.05, 4.69) is 0 Å². The summed E-state index contributed by atoms with van der Waals surface area (Å²) >= 11 is 0. The molecule has 0 amide bonds. The van der Waals surface area contributed by atoms with Gasteiger partial charge in [0.1, 0.15) is 5.82 Å². The van der Waals surface area contributed by atoms with Crippen molar-refractivity contribution in [3.8, 4) is 0 Å². The molecule has 0 aromatic heterocycles. The van der Waals surface area contributed by atoms with Gasteiger partial charge in [-0.15, -0.1) is 0 Å². The molecule has 1 N–H and O–H groups in total. The summed E-state index contributed by atoms with van der Waals surface area (Å²) in [5.74, 6) is -0.518. The Morgan fingerprint density at radius 1 is 0.880 bits per heavy atom. The van der Waals surface area contributed by atoms with Gasteiger partial charge < -0.3 is 5.11 Å². The summed E-state index contributed by atoms with van der Waals surface area (Å²) in [5, 5.41) is 8.72. The minimum atomic E-state index is -0.676. The second-order valence-electron chi connectivity index (χ2n) is 7.40. The van der Waals surface area contributed by atoms with Crippen LogP contribution in [-0.4, -0.2) is 11.1 Å². The number of unbranched alkanes of at least 4 members (excludes halogenated alkanes) is 9. The zero-order valence-electron chi connectivity index (χ0n) is 15.8. The maximum Gasteiger partial charge on any atom is 0.303 e. The Morgan fingerprint density at radius 2 is 1.36 bits per heavy atom. The Hall–Kier alpha value is -1.38. The van der Waals surface area contributed by atoms with Crippen molar-refractivity contribution in [2.24, 2.45) is 5.92 Å². The molecule has 3 heteroatoms. The Kier molecular flexibility index (Phi) is 12.0. The van der Waals surface area contributed by atoms with E-state index in [9.17, 15) is 9.18 Å². The van der Waals surface area contributed by atoms with Crippen LogP contribution in [-0.2, 0) is 11.2 Å². The number of hydrogen-bond acceptors (Lipinski definition) is 1. The van der Waals surface area contributed by atoms with Crippen LogP contribution < -0.4 is 0 Å². The fourth-order valence-corrected chi connectivity index (χ4v) is 3.29. The van der Waals surface area contributed by atoms with Crippen molar-refractivity contribution in [1.82, 2.24) is 0 Å². The molecule has 0 bridgehead atoms. The lowest BCUT2D eigenvalue weighted by molar-refractivity contribution is -0.138. The topological polar surface area (TPSA) is 37.3 Å². The number of halogens is 1. The monoisotopic (exact) mass is 349 g/mol. The number of aliphatic carboxylic acids is 1. The van der Waals surface area contributed by atoms with Gasteiger partial charge in [0.2, 0.25) is 0 Å². The van der Waals surface area contributed by atoms with E-state index in [1.807, 2.05) is 19.1 Å². The summed E-state index contributed by atoms with van der Waals surface area (Å²) in [6.07, 6.45) is 15.1. The van der Waals surface area contributed by atoms with E-state index in [4.69, 9.17) is 5.11 Å². The van der Waals surface area contributed by atoms with Crippen molar-refractivity contribution in [3.63, 3.8) is 0 Å². The molecule has 0 heterocycles. The van der Waals surface area contributed by atoms with Crippen LogP contribution in [0, 0.1) is 11.7 Å². The largest absolute Gasteiger partial charge is 0.481 e. The lowest BCUT2D eigenvalue weighted by Gasteiger charge is -2.08. The highest BCUT2D eigenvalue weighted by Gasteiger charge is 2.06. The average Bonchev–Trinajstić information content (AvgIpc) is 2.57. The number of benzene rings is 1. The summed E-state index contributed by atoms with van der Waals surface area (Å²) in [7, 11) is 0. The first-order valence-corrected chi connectivity index (χ1v) is 10.0. The quantitative estimate of drug-likeness (QED) is 0.355. The van der Waals surface area contributed by atoms with Gasteiger partial charge >= 0.3 is 5.97 Å². The zero-order valence-corrected chi connectivity index (χ0v) is 15.8. The molecule has 142 valence electrons. The number of rotatable bonds is 15. The first-order valence-electron chi connectivity index (χ1n) is 10.0. The summed E-state index contributed by atoms with van der Waals surface area (Å²) in [4.78, 5) is 10.6. The Bertz CT molecular complexity index is 456. The molecule has 0 fully saturated rings. The van der Waals surface area contributed by atoms with Crippen LogP contribution in [0.2, 0.25) is 0 Å². The van der Waals surface area contributed by atoms with Crippen molar-refractivity contribution < 1.29 is 14.3 Å². The molecule has 0 unspecified atom stereocenters. The van der Waals surface area contributed by atoms with Crippen LogP contribution in [0.15, 0.2) is 24.3 Å². The van der Waals surface area contributed by atoms with Gasteiger partial charge in [-0.3, -0.25) is 4.79 Å². The van der Waals surface area contributed by atoms with E-state index < -0.39 is 5.97 Å². The first kappa shape index (κ1) is 21.7. The Morgan fingerprint density at radius 3 is 1.88 bits per heavy atom. The first-order chi connectivity index (χ1) is 12.1. The summed E-state index contributed by atoms with van der Waals surface area (Å²) in [6, 6.07) is 6.86. The fraction of sp³-hybridized carbons (Fsp3) is 0.682. The minimum Gasteiger partial charge on any atom is -0.481 e. The van der Waals surface area contributed by atoms with Crippen molar-refractivity contribution in [2.75, 3.05) is 0 Å². The van der Waals surface area contributed by atoms with E-state index in [0.717, 1.165) is 19.3 Å². The van der Waals surface area contributed by atoms with E-state index in [1.54, 1.807) is 12.1 Å². The molecule has 0 radical (unpaired) electrons. The molecular weight excluding hydrogens is 314 g/mol. The van der Waals surface area contributed by atoms with Crippen LogP contribution in [0.25, 0.3) is 0 Å². The van der Waals surface area contributed by atoms with Crippen molar-refractivity contribution in [3.05, 3.63) is 35.6 Å². The highest BCUT2D eigenvalue weighted by molar-refractivity contribution is 5.66. The molecule has 0 saturated heterocycles. The minimum absolute atomic E-state index is 0.154. The second kappa shape index (κ2) is 13.9. The van der Waals surface area contributed by atoms with E-state index in [-0.39, 0.29) is 5.82 Å². The number of carbonyl (C=O) groups is 1. The van der Waals surface area contributed by atoms with Gasteiger partial charge in [-0.25, -0.2) is 4.39 Å². The third-order valence-electron chi connectivity index (χ3n) is 4.85. The van der Waals surface area contributed by atoms with E-state index >= 15 is 0 Å². The summed E-state index contributed by atoms with van der Waals surface area (Å²) in [5.41, 5.74) is 1.24. The number of carboxylic acids is 1. The predicted molar refractivity (Wildman–Crippen MR) is 102 cm³/mol. The smallest absolute Gasteiger partial charge is 0.303 e. The molecule has 0 aliphatic rings. The molecule has 0 saturated carbocycles. The normalized spacial score (nSPS) is 12.2. The molecule has 2 nitrogen and oxygen atoms in total. The molecule has 0 aliphatic carbocycles. The molecule has 25 heavy (non-hydrogen) atoms. The lowest BCUT2D eigenvalue weighted by Crippen LogP contribution is -2.03. The van der Waals surface area contributed by atoms with Gasteiger partial charge in [-0.2, -0.15) is 0 Å². The molecule has 1 aromatic carbocycles. The highest BCUT2D eigenvalue weighted by Crippen LogP contribution is 2.16. The van der Waals surface area contributed by atoms with Crippen LogP contribution in [0.3, 0.4) is 0 Å². The standard InChI is InChI=1S/C22H35FO2/c1-19(18-22(24)25)12-10-8-6-4-2-3-5-7-9-11-13-20-14-16-21(23)17-15-20/h14-17,19H,2-13,18H2,1H3,(H,24,25)/t19-/m1/s1/i23-1. The second-order valence-corrected chi connectivity index (χ2v) is 7.40. The highest BCUT2D eigenvalue weighted by atomic mass is 18.2. The molecule has 1 aromatic rings. The van der Waals surface area contributed by atoms with Crippen LogP contribution in [0.5, 0.6) is 0 Å². The van der Waals surface area contributed by atoms with Gasteiger partial charge in [-0.1, -0.05) is 83.3 Å². The van der Waals surface area contributed by atoms with Crippen LogP contribution in [0.1, 0.15) is 89.5 Å². The third kappa shape index (κ3) is 12.6. The molecule has 1 rings (SSSR count). The molecule has 0 aliphatic heterocycles. The maximum absolute atomic E-state index is 12.8. The zero-order chi connectivity index (χ0) is 18.3. The van der Waals surface area contributed by atoms with Gasteiger partial charge in [0.05, 0.1) is 0 Å². The Balaban J connectivity index is 1.81. The summed E-state index contributed by atoms with van der Waals surface area (Å²) < 4.78 is 12.8. The van der Waals surface area contributed by atoms with Crippen LogP contribution >= 0.6 is 0 Å². The van der Waals surface area contributed by atoms with Crippen LogP contribution in [0.4, 0.5) is 4.39 Å². The van der Waals surface area contributed by atoms with Crippen molar-refractivity contribution in [1.29, 1.82) is 0 Å². The fourth-order valence-electron chi connectivity index (χ4n) is 3.29. The Labute approximate surface area is 152 Å². The number of aryl methyl sites for hydroxylation is 1. The van der Waals surface area contributed by atoms with Crippen molar-refractivity contribution in [2.45, 2.75) is 90.4 Å². The summed E-state index contributed by atoms with van der Waals surface area (Å²) in [6.45, 7) is 2.03. The van der Waals surface area contributed by atoms with E-state index in [0.29, 0.717) is 12.3 Å². The van der Waals surface area contributed by atoms with E-state index in [1.165, 1.54) is 63.4 Å². The molecule has 1 atom stereocenters. The van der Waals surface area contributed by atoms with Gasteiger partial charge in [0, 0.05) is 6.42 Å². The average molecular weight is 350 g/mol. The number of carboxylic acid groups (broad SMARTS) is 1.